The number of nitrogens with one attached hydrogen (secondary N) is 1. The molecule has 0 spiro atoms. The molecule has 146 valence electrons. The highest BCUT2D eigenvalue weighted by Gasteiger charge is 2.22. The molecule has 0 saturated heterocycles. The van der Waals surface area contributed by atoms with Gasteiger partial charge in [0.2, 0.25) is 1.43 Å². The minimum absolute atomic E-state index is 0.0615. The Hall–Kier alpha value is -1.77. The van der Waals surface area contributed by atoms with Gasteiger partial charge in [-0.25, -0.2) is 13.4 Å². The number of sulfonamides is 1. The van der Waals surface area contributed by atoms with E-state index in [0.29, 0.717) is 11.1 Å². The standard InChI is InChI=1S/C18H17N3O3S4/c1-18(2,3)13-8-14-16(9-15(13)26-27-22)25-17(20-14)21-28(23,24)12-6-4-11(10-19)5-7-12/h4-9,22H,1-3H3,(H,20,21)/i/hT. The Morgan fingerprint density at radius 1 is 1.29 bits per heavy atom. The molecule has 2 N–H and O–H groups in total. The molecule has 0 atom stereocenters. The quantitative estimate of drug-likeness (QED) is 0.376. The van der Waals surface area contributed by atoms with Crippen LogP contribution in [0, 0.1) is 11.3 Å². The van der Waals surface area contributed by atoms with Gasteiger partial charge in [-0.3, -0.25) is 4.72 Å². The summed E-state index contributed by atoms with van der Waals surface area (Å²) in [5.41, 5.74) is 1.95. The summed E-state index contributed by atoms with van der Waals surface area (Å²) in [7, 11) is -2.48. The number of anilines is 1. The molecule has 6 nitrogen and oxygen atoms in total. The summed E-state index contributed by atoms with van der Waals surface area (Å²) in [6.07, 6.45) is 0. The highest BCUT2D eigenvalue weighted by molar-refractivity contribution is 8.74. The number of benzene rings is 2. The summed E-state index contributed by atoms with van der Waals surface area (Å²) in [5.74, 6) is 0. The third-order valence-corrected chi connectivity index (χ3v) is 7.68. The van der Waals surface area contributed by atoms with Gasteiger partial charge in [-0.2, -0.15) is 5.26 Å². The SMILES string of the molecule is [3H]OSSc1cc2sc(NS(=O)(=O)c3ccc(C#N)cc3)nc2cc1C(C)(C)C. The first-order valence-electron chi connectivity index (χ1n) is 8.49. The lowest BCUT2D eigenvalue weighted by Gasteiger charge is -2.21. The van der Waals surface area contributed by atoms with E-state index in [1.165, 1.54) is 46.4 Å². The van der Waals surface area contributed by atoms with E-state index in [4.69, 9.17) is 6.69 Å². The zero-order valence-electron chi connectivity index (χ0n) is 16.2. The molecule has 0 amide bonds. The van der Waals surface area contributed by atoms with Gasteiger partial charge in [-0.05, 0) is 58.2 Å². The fourth-order valence-electron chi connectivity index (χ4n) is 2.57. The largest absolute Gasteiger partial charge is 0.320 e. The summed E-state index contributed by atoms with van der Waals surface area (Å²) >= 11 is 2.18. The molecule has 0 aliphatic rings. The smallest absolute Gasteiger partial charge is 0.263 e. The number of thiazole rings is 1. The van der Waals surface area contributed by atoms with Gasteiger partial charge in [0.05, 0.1) is 37.8 Å². The molecule has 0 unspecified atom stereocenters. The van der Waals surface area contributed by atoms with E-state index >= 15 is 0 Å². The predicted molar refractivity (Wildman–Crippen MR) is 116 cm³/mol. The van der Waals surface area contributed by atoms with Crippen molar-refractivity contribution in [3.05, 3.63) is 47.5 Å². The normalized spacial score (nSPS) is 12.6. The van der Waals surface area contributed by atoms with E-state index < -0.39 is 10.0 Å². The molecule has 0 aliphatic carbocycles. The molecule has 28 heavy (non-hydrogen) atoms. The van der Waals surface area contributed by atoms with Crippen LogP contribution in [0.1, 0.15) is 31.9 Å². The second kappa shape index (κ2) is 7.93. The Kier molecular flexibility index (Phi) is 5.53. The molecule has 0 fully saturated rings. The second-order valence-electron chi connectivity index (χ2n) is 6.98. The molecule has 0 saturated carbocycles. The average molecular weight is 454 g/mol. The molecule has 1 aromatic heterocycles. The molecule has 3 aromatic rings. The first kappa shape index (κ1) is 19.5. The Morgan fingerprint density at radius 3 is 2.61 bits per heavy atom. The molecule has 0 radical (unpaired) electrons. The fourth-order valence-corrected chi connectivity index (χ4v) is 6.10. The van der Waals surface area contributed by atoms with Crippen molar-refractivity contribution in [1.29, 1.82) is 6.69 Å². The van der Waals surface area contributed by atoms with Gasteiger partial charge in [-0.15, -0.1) is 0 Å². The van der Waals surface area contributed by atoms with Crippen LogP contribution in [0.2, 0.25) is 0 Å². The maximum atomic E-state index is 12.6. The maximum absolute atomic E-state index is 12.6. The lowest BCUT2D eigenvalue weighted by atomic mass is 9.87. The van der Waals surface area contributed by atoms with E-state index in [2.05, 4.69) is 35.0 Å². The minimum atomic E-state index is -3.81. The van der Waals surface area contributed by atoms with Crippen molar-refractivity contribution in [2.45, 2.75) is 36.0 Å². The van der Waals surface area contributed by atoms with Gasteiger partial charge in [0.25, 0.3) is 10.0 Å². The zero-order valence-corrected chi connectivity index (χ0v) is 18.5. The molecule has 0 aliphatic heterocycles. The molecule has 1 heterocycles. The highest BCUT2D eigenvalue weighted by atomic mass is 33.1. The number of hydrogen-bond donors (Lipinski definition) is 2. The van der Waals surface area contributed by atoms with Crippen molar-refractivity contribution < 1.29 is 13.0 Å². The summed E-state index contributed by atoms with van der Waals surface area (Å²) in [4.78, 5) is 5.44. The molecule has 0 bridgehead atoms. The Morgan fingerprint density at radius 2 is 2.00 bits per heavy atom. The van der Waals surface area contributed by atoms with Crippen molar-refractivity contribution in [2.24, 2.45) is 0 Å². The van der Waals surface area contributed by atoms with Crippen LogP contribution in [0.25, 0.3) is 11.6 Å². The minimum Gasteiger partial charge on any atom is -0.320 e. The van der Waals surface area contributed by atoms with Crippen LogP contribution in [0.4, 0.5) is 5.13 Å². The summed E-state index contributed by atoms with van der Waals surface area (Å²) in [6, 6.07) is 11.5. The third kappa shape index (κ3) is 4.45. The monoisotopic (exact) mass is 453 g/mol. The van der Waals surface area contributed by atoms with E-state index in [-0.39, 0.29) is 15.4 Å². The number of hydrogen-bond acceptors (Lipinski definition) is 8. The number of nitrogens with zero attached hydrogens (tertiary/aromatic N) is 2. The van der Waals surface area contributed by atoms with Crippen LogP contribution in [-0.4, -0.2) is 18.0 Å². The second-order valence-corrected chi connectivity index (χ2v) is 11.3. The van der Waals surface area contributed by atoms with Crippen LogP contribution in [-0.2, 0) is 15.4 Å². The molecular weight excluding hydrogens is 434 g/mol. The highest BCUT2D eigenvalue weighted by Crippen LogP contribution is 2.41. The van der Waals surface area contributed by atoms with Gasteiger partial charge < -0.3 is 4.56 Å². The lowest BCUT2D eigenvalue weighted by Crippen LogP contribution is -2.13. The van der Waals surface area contributed by atoms with Gasteiger partial charge >= 0.3 is 0 Å². The van der Waals surface area contributed by atoms with Crippen molar-refractivity contribution >= 4 is 58.6 Å². The molecular formula is C18H17N3O3S4. The van der Waals surface area contributed by atoms with Gasteiger partial charge in [0, 0.05) is 4.90 Å². The fraction of sp³-hybridized carbons (Fsp3) is 0.222. The first-order valence-corrected chi connectivity index (χ1v) is 12.5. The summed E-state index contributed by atoms with van der Waals surface area (Å²) in [5, 5.41) is 9.12. The number of rotatable bonds is 6. The van der Waals surface area contributed by atoms with Crippen molar-refractivity contribution in [2.75, 3.05) is 4.72 Å². The molecule has 3 rings (SSSR count). The van der Waals surface area contributed by atoms with Gasteiger partial charge in [-0.1, -0.05) is 32.1 Å². The first-order chi connectivity index (χ1) is 13.6. The molecule has 10 heteroatoms. The van der Waals surface area contributed by atoms with Crippen LogP contribution in [0.3, 0.4) is 0 Å². The molecule has 2 aromatic carbocycles. The Bertz CT molecular complexity index is 1180. The van der Waals surface area contributed by atoms with E-state index in [0.717, 1.165) is 26.2 Å². The number of fused-ring (bicyclic) bond motifs is 1. The number of aromatic nitrogens is 1. The topological polar surface area (TPSA) is 103 Å². The van der Waals surface area contributed by atoms with Gasteiger partial charge in [0.1, 0.15) is 0 Å². The number of nitriles is 1. The van der Waals surface area contributed by atoms with E-state index in [9.17, 15) is 8.42 Å². The summed E-state index contributed by atoms with van der Waals surface area (Å²) < 4.78 is 39.9. The Labute approximate surface area is 177 Å². The van der Waals surface area contributed by atoms with Crippen LogP contribution in [0.15, 0.2) is 46.2 Å². The van der Waals surface area contributed by atoms with E-state index in [1.54, 1.807) is 0 Å². The van der Waals surface area contributed by atoms with Crippen molar-refractivity contribution in [3.63, 3.8) is 0 Å². The average Bonchev–Trinajstić information content (AvgIpc) is 3.05. The van der Waals surface area contributed by atoms with Crippen LogP contribution >= 0.6 is 33.2 Å². The van der Waals surface area contributed by atoms with Crippen molar-refractivity contribution in [1.82, 2.24) is 4.98 Å². The lowest BCUT2D eigenvalue weighted by molar-refractivity contribution is 0.579. The summed E-state index contributed by atoms with van der Waals surface area (Å²) in [6.45, 7) is 6.22. The Balaban J connectivity index is 1.97. The van der Waals surface area contributed by atoms with Crippen molar-refractivity contribution in [3.8, 4) is 6.07 Å². The third-order valence-electron chi connectivity index (χ3n) is 3.94. The van der Waals surface area contributed by atoms with Crippen LogP contribution in [0.5, 0.6) is 0 Å². The van der Waals surface area contributed by atoms with Crippen LogP contribution < -0.4 is 4.72 Å². The van der Waals surface area contributed by atoms with E-state index in [1.807, 2.05) is 18.2 Å². The predicted octanol–water partition coefficient (Wildman–Crippen LogP) is 5.48. The van der Waals surface area contributed by atoms with Gasteiger partial charge in [0.15, 0.2) is 5.13 Å². The maximum Gasteiger partial charge on any atom is 0.263 e. The zero-order chi connectivity index (χ0) is 21.2.